The predicted octanol–water partition coefficient (Wildman–Crippen LogP) is 3.06. The van der Waals surface area contributed by atoms with E-state index < -0.39 is 21.4 Å². The number of sulfonamides is 1. The van der Waals surface area contributed by atoms with Crippen molar-refractivity contribution in [2.75, 3.05) is 13.1 Å². The van der Waals surface area contributed by atoms with Crippen LogP contribution in [0.15, 0.2) is 21.7 Å². The van der Waals surface area contributed by atoms with Crippen molar-refractivity contribution in [3.8, 4) is 10.6 Å². The lowest BCUT2D eigenvalue weighted by atomic mass is 9.81. The molecular formula is C16H18N2O4S3. The highest BCUT2D eigenvalue weighted by molar-refractivity contribution is 7.91. The minimum absolute atomic E-state index is 0.0817. The molecule has 2 aliphatic rings. The molecule has 0 aromatic carbocycles. The summed E-state index contributed by atoms with van der Waals surface area (Å²) < 4.78 is 27.6. The van der Waals surface area contributed by atoms with Crippen molar-refractivity contribution in [2.24, 2.45) is 11.3 Å². The normalized spacial score (nSPS) is 26.8. The van der Waals surface area contributed by atoms with Gasteiger partial charge in [-0.15, -0.1) is 22.7 Å². The van der Waals surface area contributed by atoms with Crippen LogP contribution in [-0.2, 0) is 14.8 Å². The van der Waals surface area contributed by atoms with Gasteiger partial charge >= 0.3 is 5.97 Å². The first-order valence-electron chi connectivity index (χ1n) is 8.09. The van der Waals surface area contributed by atoms with Crippen LogP contribution in [0.5, 0.6) is 0 Å². The van der Waals surface area contributed by atoms with Gasteiger partial charge in [0.2, 0.25) is 0 Å². The summed E-state index contributed by atoms with van der Waals surface area (Å²) in [7, 11) is -3.67. The van der Waals surface area contributed by atoms with Crippen LogP contribution in [0, 0.1) is 18.3 Å². The fourth-order valence-corrected chi connectivity index (χ4v) is 7.64. The number of aromatic nitrogens is 1. The predicted molar refractivity (Wildman–Crippen MR) is 96.3 cm³/mol. The van der Waals surface area contributed by atoms with Crippen molar-refractivity contribution >= 4 is 38.7 Å². The van der Waals surface area contributed by atoms with Gasteiger partial charge in [0.05, 0.1) is 21.0 Å². The van der Waals surface area contributed by atoms with Gasteiger partial charge in [0.15, 0.2) is 0 Å². The van der Waals surface area contributed by atoms with Crippen molar-refractivity contribution in [2.45, 2.75) is 30.4 Å². The highest BCUT2D eigenvalue weighted by atomic mass is 32.2. The number of hydrogen-bond donors (Lipinski definition) is 1. The van der Waals surface area contributed by atoms with Crippen LogP contribution in [0.4, 0.5) is 0 Å². The average molecular weight is 399 g/mol. The Balaban J connectivity index is 1.63. The van der Waals surface area contributed by atoms with Gasteiger partial charge in [-0.05, 0) is 37.8 Å². The maximum absolute atomic E-state index is 13.0. The van der Waals surface area contributed by atoms with Gasteiger partial charge in [0.25, 0.3) is 10.0 Å². The average Bonchev–Trinajstić information content (AvgIpc) is 3.29. The Labute approximate surface area is 154 Å². The van der Waals surface area contributed by atoms with E-state index in [-0.39, 0.29) is 16.7 Å². The molecular weight excluding hydrogens is 380 g/mol. The molecule has 1 aliphatic carbocycles. The molecule has 0 spiro atoms. The molecule has 1 saturated carbocycles. The summed E-state index contributed by atoms with van der Waals surface area (Å²) in [5.74, 6) is -0.946. The van der Waals surface area contributed by atoms with E-state index in [9.17, 15) is 18.3 Å². The molecule has 0 bridgehead atoms. The Kier molecular flexibility index (Phi) is 4.02. The fraction of sp³-hybridized carbons (Fsp3) is 0.500. The summed E-state index contributed by atoms with van der Waals surface area (Å²) in [6.45, 7) is 2.30. The first-order valence-corrected chi connectivity index (χ1v) is 11.2. The van der Waals surface area contributed by atoms with Crippen LogP contribution >= 0.6 is 22.7 Å². The Hall–Kier alpha value is -1.29. The van der Waals surface area contributed by atoms with Crippen LogP contribution in [0.2, 0.25) is 0 Å². The summed E-state index contributed by atoms with van der Waals surface area (Å²) in [5, 5.41) is 12.5. The number of aryl methyl sites for hydroxylation is 1. The number of nitrogens with zero attached hydrogens (tertiary/aromatic N) is 2. The fourth-order valence-electron chi connectivity index (χ4n) is 3.98. The van der Waals surface area contributed by atoms with Crippen molar-refractivity contribution in [3.05, 3.63) is 22.5 Å². The van der Waals surface area contributed by atoms with Gasteiger partial charge in [-0.1, -0.05) is 6.42 Å². The van der Waals surface area contributed by atoms with Crippen molar-refractivity contribution in [1.82, 2.24) is 9.29 Å². The molecule has 2 fully saturated rings. The van der Waals surface area contributed by atoms with Gasteiger partial charge in [-0.3, -0.25) is 4.79 Å². The molecule has 2 atom stereocenters. The molecule has 4 rings (SSSR count). The second-order valence-corrected chi connectivity index (χ2v) is 11.0. The monoisotopic (exact) mass is 398 g/mol. The van der Waals surface area contributed by atoms with Crippen LogP contribution in [0.25, 0.3) is 10.6 Å². The second kappa shape index (κ2) is 5.87. The molecule has 25 heavy (non-hydrogen) atoms. The van der Waals surface area contributed by atoms with E-state index >= 15 is 0 Å². The number of thiazole rings is 1. The van der Waals surface area contributed by atoms with E-state index in [1.54, 1.807) is 12.1 Å². The van der Waals surface area contributed by atoms with E-state index in [0.717, 1.165) is 28.4 Å². The molecule has 2 aromatic heterocycles. The molecule has 1 saturated heterocycles. The number of aliphatic carboxylic acids is 1. The highest BCUT2D eigenvalue weighted by Crippen LogP contribution is 2.50. The zero-order valence-corrected chi connectivity index (χ0v) is 16.1. The van der Waals surface area contributed by atoms with Crippen LogP contribution in [-0.4, -0.2) is 41.9 Å². The van der Waals surface area contributed by atoms with Crippen LogP contribution in [0.1, 0.15) is 24.3 Å². The van der Waals surface area contributed by atoms with Gasteiger partial charge < -0.3 is 5.11 Å². The lowest BCUT2D eigenvalue weighted by Crippen LogP contribution is -2.37. The highest BCUT2D eigenvalue weighted by Gasteiger charge is 2.57. The number of hydrogen-bond acceptors (Lipinski definition) is 6. The Morgan fingerprint density at radius 3 is 2.88 bits per heavy atom. The van der Waals surface area contributed by atoms with Crippen molar-refractivity contribution < 1.29 is 18.3 Å². The minimum atomic E-state index is -3.67. The number of carbonyl (C=O) groups is 1. The van der Waals surface area contributed by atoms with Crippen molar-refractivity contribution in [1.29, 1.82) is 0 Å². The van der Waals surface area contributed by atoms with Crippen LogP contribution in [0.3, 0.4) is 0 Å². The zero-order valence-electron chi connectivity index (χ0n) is 13.6. The third kappa shape index (κ3) is 2.64. The van der Waals surface area contributed by atoms with E-state index in [1.165, 1.54) is 27.0 Å². The Bertz CT molecular complexity index is 933. The van der Waals surface area contributed by atoms with E-state index in [2.05, 4.69) is 4.98 Å². The zero-order chi connectivity index (χ0) is 17.8. The van der Waals surface area contributed by atoms with Crippen molar-refractivity contribution in [3.63, 3.8) is 0 Å². The first kappa shape index (κ1) is 17.1. The largest absolute Gasteiger partial charge is 0.481 e. The number of thiophene rings is 1. The third-order valence-electron chi connectivity index (χ3n) is 5.31. The van der Waals surface area contributed by atoms with E-state index in [1.807, 2.05) is 12.3 Å². The smallest absolute Gasteiger partial charge is 0.311 e. The molecule has 134 valence electrons. The molecule has 1 N–H and O–H groups in total. The molecule has 0 radical (unpaired) electrons. The number of carboxylic acids is 1. The summed E-state index contributed by atoms with van der Waals surface area (Å²) in [6, 6.07) is 3.38. The van der Waals surface area contributed by atoms with Gasteiger partial charge in [0.1, 0.15) is 4.21 Å². The Morgan fingerprint density at radius 1 is 1.44 bits per heavy atom. The van der Waals surface area contributed by atoms with Gasteiger partial charge in [-0.25, -0.2) is 13.4 Å². The maximum atomic E-state index is 13.0. The van der Waals surface area contributed by atoms with Gasteiger partial charge in [-0.2, -0.15) is 4.31 Å². The SMILES string of the molecule is Cc1nc(-c2ccc(S(=O)(=O)N3C[C@@H]4CCC[C@@]4(C(=O)O)C3)s2)cs1. The molecule has 2 aromatic rings. The lowest BCUT2D eigenvalue weighted by Gasteiger charge is -2.23. The summed E-state index contributed by atoms with van der Waals surface area (Å²) in [6.07, 6.45) is 2.20. The van der Waals surface area contributed by atoms with Crippen LogP contribution < -0.4 is 0 Å². The number of fused-ring (bicyclic) bond motifs is 1. The standard InChI is InChI=1S/C16H18N2O4S3/c1-10-17-12(8-23-10)13-4-5-14(24-13)25(21,22)18-7-11-3-2-6-16(11,9-18)15(19)20/h4-5,8,11H,2-3,6-7,9H2,1H3,(H,19,20)/t11-,16+/m0/s1. The topological polar surface area (TPSA) is 87.6 Å². The van der Waals surface area contributed by atoms with E-state index in [0.29, 0.717) is 13.0 Å². The summed E-state index contributed by atoms with van der Waals surface area (Å²) in [5.41, 5.74) is -0.117. The first-order chi connectivity index (χ1) is 11.8. The molecule has 0 amide bonds. The second-order valence-electron chi connectivity index (χ2n) is 6.72. The quantitative estimate of drug-likeness (QED) is 0.855. The van der Waals surface area contributed by atoms with E-state index in [4.69, 9.17) is 0 Å². The molecule has 6 nitrogen and oxygen atoms in total. The third-order valence-corrected chi connectivity index (χ3v) is 9.47. The maximum Gasteiger partial charge on any atom is 0.311 e. The molecule has 1 aliphatic heterocycles. The summed E-state index contributed by atoms with van der Waals surface area (Å²) in [4.78, 5) is 17.0. The molecule has 9 heteroatoms. The Morgan fingerprint density at radius 2 is 2.24 bits per heavy atom. The lowest BCUT2D eigenvalue weighted by molar-refractivity contribution is -0.149. The molecule has 3 heterocycles. The van der Waals surface area contributed by atoms with Gasteiger partial charge in [0, 0.05) is 18.5 Å². The molecule has 0 unspecified atom stereocenters. The minimum Gasteiger partial charge on any atom is -0.481 e. The number of carboxylic acid groups (broad SMARTS) is 1. The summed E-state index contributed by atoms with van der Waals surface area (Å²) >= 11 is 2.72. The number of rotatable bonds is 4.